The summed E-state index contributed by atoms with van der Waals surface area (Å²) in [4.78, 5) is 0. The second kappa shape index (κ2) is 3.95. The van der Waals surface area contributed by atoms with E-state index in [1.165, 1.54) is 0 Å². The van der Waals surface area contributed by atoms with Gasteiger partial charge in [-0.05, 0) is 38.0 Å². The Morgan fingerprint density at radius 1 is 1.38 bits per heavy atom. The minimum absolute atomic E-state index is 0.0312. The molecule has 1 aliphatic carbocycles. The number of hydrogen-bond donors (Lipinski definition) is 3. The van der Waals surface area contributed by atoms with Crippen LogP contribution in [0, 0.1) is 11.8 Å². The maximum absolute atomic E-state index is 9.79. The SMILES string of the molecule is C[C@H]1CC[C@H]([C@@](C)(O)CO)C[C@@H]1O. The molecule has 78 valence electrons. The van der Waals surface area contributed by atoms with Gasteiger partial charge in [0.25, 0.3) is 0 Å². The molecule has 0 aromatic heterocycles. The van der Waals surface area contributed by atoms with Gasteiger partial charge in [0.15, 0.2) is 0 Å². The predicted octanol–water partition coefficient (Wildman–Crippen LogP) is 0.527. The van der Waals surface area contributed by atoms with Crippen LogP contribution in [0.3, 0.4) is 0 Å². The molecule has 0 bridgehead atoms. The first-order valence-corrected chi connectivity index (χ1v) is 4.98. The summed E-state index contributed by atoms with van der Waals surface area (Å²) in [5, 5.41) is 28.4. The van der Waals surface area contributed by atoms with E-state index in [2.05, 4.69) is 0 Å². The van der Waals surface area contributed by atoms with E-state index in [1.807, 2.05) is 6.92 Å². The molecular formula is C10H20O3. The van der Waals surface area contributed by atoms with E-state index in [-0.39, 0.29) is 18.6 Å². The van der Waals surface area contributed by atoms with Crippen molar-refractivity contribution in [2.75, 3.05) is 6.61 Å². The summed E-state index contributed by atoms with van der Waals surface area (Å²) in [6.07, 6.45) is 2.11. The van der Waals surface area contributed by atoms with E-state index < -0.39 is 5.60 Å². The molecule has 0 heterocycles. The van der Waals surface area contributed by atoms with Gasteiger partial charge in [-0.3, -0.25) is 0 Å². The molecule has 1 fully saturated rings. The molecular weight excluding hydrogens is 168 g/mol. The highest BCUT2D eigenvalue weighted by molar-refractivity contribution is 4.88. The molecule has 0 spiro atoms. The average molecular weight is 188 g/mol. The van der Waals surface area contributed by atoms with Gasteiger partial charge in [0.2, 0.25) is 0 Å². The molecule has 13 heavy (non-hydrogen) atoms. The molecule has 0 aromatic rings. The summed E-state index contributed by atoms with van der Waals surface area (Å²) in [5.41, 5.74) is -1.03. The van der Waals surface area contributed by atoms with Crippen LogP contribution in [-0.2, 0) is 0 Å². The Bertz CT molecular complexity index is 168. The summed E-state index contributed by atoms with van der Waals surface area (Å²) in [5.74, 6) is 0.356. The van der Waals surface area contributed by atoms with Crippen LogP contribution in [0.2, 0.25) is 0 Å². The molecule has 1 aliphatic rings. The third-order valence-corrected chi connectivity index (χ3v) is 3.35. The fourth-order valence-electron chi connectivity index (χ4n) is 1.99. The number of hydrogen-bond acceptors (Lipinski definition) is 3. The van der Waals surface area contributed by atoms with Gasteiger partial charge in [0.05, 0.1) is 18.3 Å². The Hall–Kier alpha value is -0.120. The van der Waals surface area contributed by atoms with E-state index >= 15 is 0 Å². The highest BCUT2D eigenvalue weighted by atomic mass is 16.3. The Labute approximate surface area is 79.4 Å². The van der Waals surface area contributed by atoms with Crippen LogP contribution in [0.5, 0.6) is 0 Å². The Balaban J connectivity index is 2.55. The maximum Gasteiger partial charge on any atom is 0.0878 e. The van der Waals surface area contributed by atoms with Crippen LogP contribution >= 0.6 is 0 Å². The molecule has 0 radical (unpaired) electrons. The quantitative estimate of drug-likeness (QED) is 0.592. The molecule has 0 aromatic carbocycles. The van der Waals surface area contributed by atoms with Crippen molar-refractivity contribution in [3.8, 4) is 0 Å². The van der Waals surface area contributed by atoms with Gasteiger partial charge < -0.3 is 15.3 Å². The topological polar surface area (TPSA) is 60.7 Å². The van der Waals surface area contributed by atoms with Crippen molar-refractivity contribution in [1.29, 1.82) is 0 Å². The van der Waals surface area contributed by atoms with Crippen molar-refractivity contribution in [2.24, 2.45) is 11.8 Å². The molecule has 0 unspecified atom stereocenters. The third-order valence-electron chi connectivity index (χ3n) is 3.35. The first kappa shape index (κ1) is 11.0. The molecule has 1 rings (SSSR count). The van der Waals surface area contributed by atoms with Crippen molar-refractivity contribution in [3.63, 3.8) is 0 Å². The highest BCUT2D eigenvalue weighted by Crippen LogP contribution is 2.35. The van der Waals surface area contributed by atoms with Gasteiger partial charge in [0, 0.05) is 0 Å². The molecule has 0 aliphatic heterocycles. The highest BCUT2D eigenvalue weighted by Gasteiger charge is 2.37. The molecule has 1 saturated carbocycles. The van der Waals surface area contributed by atoms with Crippen LogP contribution in [-0.4, -0.2) is 33.6 Å². The van der Waals surface area contributed by atoms with E-state index in [9.17, 15) is 10.2 Å². The fraction of sp³-hybridized carbons (Fsp3) is 1.00. The standard InChI is InChI=1S/C10H20O3/c1-7-3-4-8(5-9(7)12)10(2,13)6-11/h7-9,11-13H,3-6H2,1-2H3/t7-,8-,9-,10-/m0/s1. The van der Waals surface area contributed by atoms with Crippen LogP contribution in [0.4, 0.5) is 0 Å². The average Bonchev–Trinajstić information content (AvgIpc) is 2.09. The lowest BCUT2D eigenvalue weighted by Gasteiger charge is -2.38. The normalized spacial score (nSPS) is 39.9. The van der Waals surface area contributed by atoms with Gasteiger partial charge in [-0.25, -0.2) is 0 Å². The van der Waals surface area contributed by atoms with Crippen LogP contribution in [0.25, 0.3) is 0 Å². The van der Waals surface area contributed by atoms with Crippen molar-refractivity contribution < 1.29 is 15.3 Å². The lowest BCUT2D eigenvalue weighted by atomic mass is 9.73. The van der Waals surface area contributed by atoms with Gasteiger partial charge in [0.1, 0.15) is 0 Å². The third kappa shape index (κ3) is 2.42. The van der Waals surface area contributed by atoms with E-state index in [0.29, 0.717) is 12.3 Å². The first-order valence-electron chi connectivity index (χ1n) is 4.98. The molecule has 0 amide bonds. The van der Waals surface area contributed by atoms with Gasteiger partial charge in [-0.2, -0.15) is 0 Å². The maximum atomic E-state index is 9.79. The summed E-state index contributed by atoms with van der Waals surface area (Å²) in [6.45, 7) is 3.44. The zero-order valence-electron chi connectivity index (χ0n) is 8.40. The monoisotopic (exact) mass is 188 g/mol. The number of aliphatic hydroxyl groups excluding tert-OH is 2. The van der Waals surface area contributed by atoms with Crippen molar-refractivity contribution in [3.05, 3.63) is 0 Å². The van der Waals surface area contributed by atoms with Crippen LogP contribution < -0.4 is 0 Å². The lowest BCUT2D eigenvalue weighted by Crippen LogP contribution is -2.43. The lowest BCUT2D eigenvalue weighted by molar-refractivity contribution is -0.0836. The van der Waals surface area contributed by atoms with Gasteiger partial charge in [-0.15, -0.1) is 0 Å². The zero-order valence-corrected chi connectivity index (χ0v) is 8.40. The minimum atomic E-state index is -1.03. The second-order valence-corrected chi connectivity index (χ2v) is 4.57. The molecule has 3 nitrogen and oxygen atoms in total. The van der Waals surface area contributed by atoms with Gasteiger partial charge >= 0.3 is 0 Å². The smallest absolute Gasteiger partial charge is 0.0878 e. The Kier molecular flexibility index (Phi) is 3.33. The summed E-state index contributed by atoms with van der Waals surface area (Å²) in [6, 6.07) is 0. The predicted molar refractivity (Wildman–Crippen MR) is 50.2 cm³/mol. The summed E-state index contributed by atoms with van der Waals surface area (Å²) in [7, 11) is 0. The Morgan fingerprint density at radius 2 is 2.00 bits per heavy atom. The molecule has 3 N–H and O–H groups in total. The number of aliphatic hydroxyl groups is 3. The Morgan fingerprint density at radius 3 is 2.46 bits per heavy atom. The van der Waals surface area contributed by atoms with Crippen molar-refractivity contribution in [1.82, 2.24) is 0 Å². The summed E-state index contributed by atoms with van der Waals surface area (Å²) >= 11 is 0. The van der Waals surface area contributed by atoms with E-state index in [4.69, 9.17) is 5.11 Å². The fourth-order valence-corrected chi connectivity index (χ4v) is 1.99. The second-order valence-electron chi connectivity index (χ2n) is 4.57. The van der Waals surface area contributed by atoms with Crippen molar-refractivity contribution >= 4 is 0 Å². The van der Waals surface area contributed by atoms with E-state index in [0.717, 1.165) is 12.8 Å². The van der Waals surface area contributed by atoms with Crippen LogP contribution in [0.15, 0.2) is 0 Å². The van der Waals surface area contributed by atoms with Crippen molar-refractivity contribution in [2.45, 2.75) is 44.8 Å². The van der Waals surface area contributed by atoms with Crippen LogP contribution in [0.1, 0.15) is 33.1 Å². The largest absolute Gasteiger partial charge is 0.393 e. The summed E-state index contributed by atoms with van der Waals surface area (Å²) < 4.78 is 0. The zero-order chi connectivity index (χ0) is 10.1. The number of rotatable bonds is 2. The molecule has 3 heteroatoms. The molecule has 0 saturated heterocycles. The first-order chi connectivity index (χ1) is 5.97. The van der Waals surface area contributed by atoms with E-state index in [1.54, 1.807) is 6.92 Å². The van der Waals surface area contributed by atoms with Gasteiger partial charge in [-0.1, -0.05) is 6.92 Å². The minimum Gasteiger partial charge on any atom is -0.393 e. The molecule has 4 atom stereocenters.